The van der Waals surface area contributed by atoms with Crippen LogP contribution in [0.5, 0.6) is 5.75 Å². The number of halogens is 3. The molecular weight excluding hydrogens is 366 g/mol. The van der Waals surface area contributed by atoms with Crippen LogP contribution in [0.3, 0.4) is 0 Å². The molecule has 0 unspecified atom stereocenters. The summed E-state index contributed by atoms with van der Waals surface area (Å²) in [4.78, 5) is 0. The van der Waals surface area contributed by atoms with Gasteiger partial charge in [0, 0.05) is 8.59 Å². The second-order valence-corrected chi connectivity index (χ2v) is 5.30. The predicted molar refractivity (Wildman–Crippen MR) is 80.7 cm³/mol. The molecule has 0 saturated heterocycles. The molecule has 2 aromatic carbocycles. The first-order valence-corrected chi connectivity index (χ1v) is 6.95. The zero-order chi connectivity index (χ0) is 13.1. The molecule has 0 radical (unpaired) electrons. The minimum atomic E-state index is -0.349. The summed E-state index contributed by atoms with van der Waals surface area (Å²) in [5.74, 6) is -0.0802. The molecule has 1 nitrogen and oxygen atoms in total. The highest BCUT2D eigenvalue weighted by molar-refractivity contribution is 14.1. The second-order valence-electron chi connectivity index (χ2n) is 3.70. The predicted octanol–water partition coefficient (Wildman–Crippen LogP) is 5.15. The van der Waals surface area contributed by atoms with Crippen LogP contribution in [0, 0.1) is 9.39 Å². The minimum absolute atomic E-state index is 0.269. The van der Waals surface area contributed by atoms with Gasteiger partial charge in [0.05, 0.1) is 6.61 Å². The SMILES string of the molecule is CCOc1cc(-c2cc(Cl)ccc2I)ccc1F. The summed E-state index contributed by atoms with van der Waals surface area (Å²) in [5, 5.41) is 0.660. The minimum Gasteiger partial charge on any atom is -0.491 e. The van der Waals surface area contributed by atoms with Crippen LogP contribution in [0.4, 0.5) is 4.39 Å². The van der Waals surface area contributed by atoms with Crippen LogP contribution in [0.2, 0.25) is 5.02 Å². The van der Waals surface area contributed by atoms with Crippen LogP contribution in [-0.4, -0.2) is 6.61 Å². The van der Waals surface area contributed by atoms with Crippen LogP contribution in [0.1, 0.15) is 6.92 Å². The lowest BCUT2D eigenvalue weighted by Gasteiger charge is -2.09. The van der Waals surface area contributed by atoms with E-state index in [1.807, 2.05) is 25.1 Å². The van der Waals surface area contributed by atoms with E-state index in [1.54, 1.807) is 12.1 Å². The Balaban J connectivity index is 2.50. The fourth-order valence-electron chi connectivity index (χ4n) is 1.66. The molecule has 94 valence electrons. The van der Waals surface area contributed by atoms with Crippen molar-refractivity contribution in [1.82, 2.24) is 0 Å². The molecule has 0 aromatic heterocycles. The van der Waals surface area contributed by atoms with Crippen LogP contribution in [0.25, 0.3) is 11.1 Å². The van der Waals surface area contributed by atoms with Gasteiger partial charge in [-0.05, 0) is 71.0 Å². The van der Waals surface area contributed by atoms with E-state index >= 15 is 0 Å². The Kier molecular flexibility index (Phi) is 4.45. The molecule has 2 aromatic rings. The van der Waals surface area contributed by atoms with E-state index in [1.165, 1.54) is 6.07 Å². The van der Waals surface area contributed by atoms with Gasteiger partial charge in [-0.2, -0.15) is 0 Å². The molecule has 18 heavy (non-hydrogen) atoms. The average Bonchev–Trinajstić information content (AvgIpc) is 2.35. The van der Waals surface area contributed by atoms with Crippen molar-refractivity contribution in [2.24, 2.45) is 0 Å². The Labute approximate surface area is 124 Å². The first-order valence-electron chi connectivity index (χ1n) is 5.49. The van der Waals surface area contributed by atoms with Crippen LogP contribution >= 0.6 is 34.2 Å². The number of hydrogen-bond donors (Lipinski definition) is 0. The van der Waals surface area contributed by atoms with Crippen molar-refractivity contribution in [1.29, 1.82) is 0 Å². The van der Waals surface area contributed by atoms with Crippen molar-refractivity contribution in [3.63, 3.8) is 0 Å². The zero-order valence-corrected chi connectivity index (χ0v) is 12.6. The van der Waals surface area contributed by atoms with Crippen molar-refractivity contribution in [2.45, 2.75) is 6.92 Å². The van der Waals surface area contributed by atoms with Gasteiger partial charge in [0.25, 0.3) is 0 Å². The monoisotopic (exact) mass is 376 g/mol. The normalized spacial score (nSPS) is 10.4. The number of rotatable bonds is 3. The van der Waals surface area contributed by atoms with E-state index in [4.69, 9.17) is 16.3 Å². The Bertz CT molecular complexity index is 572. The van der Waals surface area contributed by atoms with Gasteiger partial charge in [0.15, 0.2) is 11.6 Å². The van der Waals surface area contributed by atoms with Gasteiger partial charge in [0.2, 0.25) is 0 Å². The molecule has 0 atom stereocenters. The molecule has 2 rings (SSSR count). The van der Waals surface area contributed by atoms with E-state index in [9.17, 15) is 4.39 Å². The number of benzene rings is 2. The van der Waals surface area contributed by atoms with Gasteiger partial charge in [-0.3, -0.25) is 0 Å². The third kappa shape index (κ3) is 2.95. The van der Waals surface area contributed by atoms with Crippen LogP contribution < -0.4 is 4.74 Å². The smallest absolute Gasteiger partial charge is 0.165 e. The number of ether oxygens (including phenoxy) is 1. The lowest BCUT2D eigenvalue weighted by molar-refractivity contribution is 0.322. The van der Waals surface area contributed by atoms with Crippen molar-refractivity contribution in [3.05, 3.63) is 50.8 Å². The van der Waals surface area contributed by atoms with E-state index in [0.717, 1.165) is 14.7 Å². The highest BCUT2D eigenvalue weighted by Crippen LogP contribution is 2.31. The summed E-state index contributed by atoms with van der Waals surface area (Å²) < 4.78 is 19.8. The average molecular weight is 377 g/mol. The first-order chi connectivity index (χ1) is 8.61. The maximum atomic E-state index is 13.5. The first kappa shape index (κ1) is 13.6. The van der Waals surface area contributed by atoms with E-state index in [0.29, 0.717) is 11.6 Å². The summed E-state index contributed by atoms with van der Waals surface area (Å²) in [7, 11) is 0. The van der Waals surface area contributed by atoms with Gasteiger partial charge >= 0.3 is 0 Å². The number of hydrogen-bond acceptors (Lipinski definition) is 1. The third-order valence-electron chi connectivity index (χ3n) is 2.47. The highest BCUT2D eigenvalue weighted by Gasteiger charge is 2.09. The Morgan fingerprint density at radius 3 is 2.72 bits per heavy atom. The maximum absolute atomic E-state index is 13.5. The molecule has 0 heterocycles. The third-order valence-corrected chi connectivity index (χ3v) is 3.65. The molecule has 0 saturated carbocycles. The lowest BCUT2D eigenvalue weighted by atomic mass is 10.1. The van der Waals surface area contributed by atoms with Gasteiger partial charge in [0.1, 0.15) is 0 Å². The summed E-state index contributed by atoms with van der Waals surface area (Å²) in [6.07, 6.45) is 0. The maximum Gasteiger partial charge on any atom is 0.165 e. The van der Waals surface area contributed by atoms with Gasteiger partial charge < -0.3 is 4.74 Å². The standard InChI is InChI=1S/C14H11ClFIO/c1-2-18-14-7-9(3-5-12(14)16)11-8-10(15)4-6-13(11)17/h3-8H,2H2,1H3. The van der Waals surface area contributed by atoms with E-state index in [2.05, 4.69) is 22.6 Å². The van der Waals surface area contributed by atoms with Crippen molar-refractivity contribution < 1.29 is 9.13 Å². The zero-order valence-electron chi connectivity index (χ0n) is 9.71. The molecule has 0 spiro atoms. The van der Waals surface area contributed by atoms with Crippen molar-refractivity contribution in [3.8, 4) is 16.9 Å². The molecule has 0 aliphatic heterocycles. The Hall–Kier alpha value is -0.810. The second kappa shape index (κ2) is 5.89. The van der Waals surface area contributed by atoms with Crippen molar-refractivity contribution in [2.75, 3.05) is 6.61 Å². The Morgan fingerprint density at radius 1 is 1.22 bits per heavy atom. The summed E-state index contributed by atoms with van der Waals surface area (Å²) >= 11 is 8.22. The van der Waals surface area contributed by atoms with Gasteiger partial charge in [-0.1, -0.05) is 17.7 Å². The summed E-state index contributed by atoms with van der Waals surface area (Å²) in [5.41, 5.74) is 1.87. The lowest BCUT2D eigenvalue weighted by Crippen LogP contribution is -1.95. The molecule has 4 heteroatoms. The fourth-order valence-corrected chi connectivity index (χ4v) is 2.47. The van der Waals surface area contributed by atoms with Gasteiger partial charge in [-0.15, -0.1) is 0 Å². The van der Waals surface area contributed by atoms with Gasteiger partial charge in [-0.25, -0.2) is 4.39 Å². The summed E-state index contributed by atoms with van der Waals surface area (Å²) in [6, 6.07) is 10.5. The van der Waals surface area contributed by atoms with Crippen molar-refractivity contribution >= 4 is 34.2 Å². The van der Waals surface area contributed by atoms with Crippen LogP contribution in [-0.2, 0) is 0 Å². The highest BCUT2D eigenvalue weighted by atomic mass is 127. The molecule has 0 N–H and O–H groups in total. The van der Waals surface area contributed by atoms with E-state index in [-0.39, 0.29) is 11.6 Å². The molecular formula is C14H11ClFIO. The molecule has 0 aliphatic carbocycles. The Morgan fingerprint density at radius 2 is 2.00 bits per heavy atom. The molecule has 0 bridgehead atoms. The van der Waals surface area contributed by atoms with E-state index < -0.39 is 0 Å². The molecule has 0 fully saturated rings. The van der Waals surface area contributed by atoms with Crippen LogP contribution in [0.15, 0.2) is 36.4 Å². The molecule has 0 amide bonds. The topological polar surface area (TPSA) is 9.23 Å². The molecule has 0 aliphatic rings. The quantitative estimate of drug-likeness (QED) is 0.673. The fraction of sp³-hybridized carbons (Fsp3) is 0.143. The largest absolute Gasteiger partial charge is 0.491 e. The summed E-state index contributed by atoms with van der Waals surface area (Å²) in [6.45, 7) is 2.27.